The molecule has 1 aliphatic rings. The van der Waals surface area contributed by atoms with E-state index in [0.29, 0.717) is 10.7 Å². The second-order valence-corrected chi connectivity index (χ2v) is 9.72. The van der Waals surface area contributed by atoms with E-state index in [0.717, 1.165) is 28.1 Å². The molecule has 0 bridgehead atoms. The number of nitrogens with one attached hydrogen (secondary N) is 1. The van der Waals surface area contributed by atoms with Gasteiger partial charge in [0.05, 0.1) is 15.6 Å². The molecule has 4 rings (SSSR count). The third kappa shape index (κ3) is 4.55. The van der Waals surface area contributed by atoms with E-state index in [9.17, 15) is 18.0 Å². The quantitative estimate of drug-likeness (QED) is 0.584. The van der Waals surface area contributed by atoms with Crippen LogP contribution in [0.2, 0.25) is 0 Å². The molecule has 0 radical (unpaired) electrons. The van der Waals surface area contributed by atoms with Crippen LogP contribution in [0.3, 0.4) is 0 Å². The average molecular weight is 440 g/mol. The number of rotatable bonds is 6. The van der Waals surface area contributed by atoms with Gasteiger partial charge in [0.1, 0.15) is 12.4 Å². The highest BCUT2D eigenvalue weighted by Gasteiger charge is 2.24. The van der Waals surface area contributed by atoms with Crippen molar-refractivity contribution in [2.75, 3.05) is 12.4 Å². The summed E-state index contributed by atoms with van der Waals surface area (Å²) in [7, 11) is -3.47. The van der Waals surface area contributed by atoms with Crippen molar-refractivity contribution in [2.24, 2.45) is 0 Å². The van der Waals surface area contributed by atoms with Gasteiger partial charge in [-0.2, -0.15) is 0 Å². The zero-order valence-electron chi connectivity index (χ0n) is 15.7. The van der Waals surface area contributed by atoms with E-state index in [1.165, 1.54) is 0 Å². The molecule has 1 aliphatic heterocycles. The Kier molecular flexibility index (Phi) is 5.61. The predicted octanol–water partition coefficient (Wildman–Crippen LogP) is 4.02. The second-order valence-electron chi connectivity index (χ2n) is 6.60. The fourth-order valence-corrected chi connectivity index (χ4v) is 4.78. The highest BCUT2D eigenvalue weighted by molar-refractivity contribution is 8.18. The number of ether oxygens (including phenoxy) is 1. The molecule has 1 N–H and O–H groups in total. The Morgan fingerprint density at radius 2 is 1.67 bits per heavy atom. The van der Waals surface area contributed by atoms with Crippen LogP contribution < -0.4 is 10.1 Å². The number of thioether (sulfide) groups is 1. The Balaban J connectivity index is 1.38. The summed E-state index contributed by atoms with van der Waals surface area (Å²) < 4.78 is 30.8. The van der Waals surface area contributed by atoms with Gasteiger partial charge in [0, 0.05) is 0 Å². The maximum absolute atomic E-state index is 12.6. The molecule has 8 heteroatoms. The normalized spacial score (nSPS) is 15.5. The van der Waals surface area contributed by atoms with Crippen molar-refractivity contribution >= 4 is 49.6 Å². The first kappa shape index (κ1) is 20.2. The molecule has 30 heavy (non-hydrogen) atoms. The van der Waals surface area contributed by atoms with Crippen molar-refractivity contribution < 1.29 is 22.7 Å². The Hall–Kier alpha value is -3.10. The molecule has 6 nitrogen and oxygen atoms in total. The molecule has 1 saturated heterocycles. The molecule has 3 aromatic rings. The van der Waals surface area contributed by atoms with Gasteiger partial charge in [0.25, 0.3) is 11.1 Å². The van der Waals surface area contributed by atoms with E-state index in [4.69, 9.17) is 4.74 Å². The van der Waals surface area contributed by atoms with Crippen molar-refractivity contribution in [3.05, 3.63) is 77.2 Å². The zero-order chi connectivity index (χ0) is 21.1. The van der Waals surface area contributed by atoms with Crippen LogP contribution in [0.5, 0.6) is 5.75 Å². The highest BCUT2D eigenvalue weighted by atomic mass is 32.2. The van der Waals surface area contributed by atoms with Crippen molar-refractivity contribution in [1.82, 2.24) is 5.32 Å². The minimum Gasteiger partial charge on any atom is -0.493 e. The monoisotopic (exact) mass is 439 g/mol. The van der Waals surface area contributed by atoms with Gasteiger partial charge >= 0.3 is 0 Å². The van der Waals surface area contributed by atoms with Crippen LogP contribution in [-0.4, -0.2) is 31.9 Å². The first-order valence-corrected chi connectivity index (χ1v) is 11.6. The molecule has 1 fully saturated rings. The lowest BCUT2D eigenvalue weighted by Crippen LogP contribution is -2.17. The molecule has 1 heterocycles. The maximum atomic E-state index is 12.6. The lowest BCUT2D eigenvalue weighted by Gasteiger charge is -2.08. The number of hydrogen-bond donors (Lipinski definition) is 1. The Morgan fingerprint density at radius 1 is 0.933 bits per heavy atom. The van der Waals surface area contributed by atoms with Gasteiger partial charge in [-0.1, -0.05) is 42.5 Å². The first-order chi connectivity index (χ1) is 14.4. The summed E-state index contributed by atoms with van der Waals surface area (Å²) in [5, 5.41) is 3.67. The largest absolute Gasteiger partial charge is 0.493 e. The van der Waals surface area contributed by atoms with Crippen molar-refractivity contribution in [3.63, 3.8) is 0 Å². The number of hydrogen-bond acceptors (Lipinski definition) is 6. The molecule has 0 aromatic heterocycles. The number of carbonyl (C=O) groups is 2. The van der Waals surface area contributed by atoms with Gasteiger partial charge in [-0.3, -0.25) is 14.9 Å². The van der Waals surface area contributed by atoms with Crippen LogP contribution in [0.15, 0.2) is 76.5 Å². The van der Waals surface area contributed by atoms with Crippen LogP contribution >= 0.6 is 11.8 Å². The van der Waals surface area contributed by atoms with Crippen LogP contribution in [0.4, 0.5) is 4.79 Å². The summed E-state index contributed by atoms with van der Waals surface area (Å²) >= 11 is 0.851. The lowest BCUT2D eigenvalue weighted by atomic mass is 10.1. The Bertz CT molecular complexity index is 1260. The minimum atomic E-state index is -3.47. The second kappa shape index (κ2) is 8.33. The first-order valence-electron chi connectivity index (χ1n) is 9.10. The molecule has 2 amide bonds. The third-order valence-electron chi connectivity index (χ3n) is 4.52. The molecule has 0 unspecified atom stereocenters. The Morgan fingerprint density at radius 3 is 2.37 bits per heavy atom. The van der Waals surface area contributed by atoms with Crippen molar-refractivity contribution in [3.8, 4) is 5.75 Å². The summed E-state index contributed by atoms with van der Waals surface area (Å²) in [6.07, 6.45) is 1.61. The van der Waals surface area contributed by atoms with E-state index < -0.39 is 15.7 Å². The zero-order valence-corrected chi connectivity index (χ0v) is 17.3. The molecular formula is C22H17NO5S2. The van der Waals surface area contributed by atoms with Crippen LogP contribution in [0.1, 0.15) is 5.56 Å². The summed E-state index contributed by atoms with van der Waals surface area (Å²) in [6, 6.07) is 19.5. The van der Waals surface area contributed by atoms with Gasteiger partial charge in [0.2, 0.25) is 0 Å². The smallest absolute Gasteiger partial charge is 0.290 e. The van der Waals surface area contributed by atoms with Crippen LogP contribution in [-0.2, 0) is 14.6 Å². The SMILES string of the molecule is O=C1NC(=O)C(=Cc2ccc(OCCS(=O)(=O)c3ccc4ccccc4c3)cc2)S1. The van der Waals surface area contributed by atoms with E-state index >= 15 is 0 Å². The number of carbonyl (C=O) groups excluding carboxylic acids is 2. The lowest BCUT2D eigenvalue weighted by molar-refractivity contribution is -0.115. The Labute approximate surface area is 177 Å². The summed E-state index contributed by atoms with van der Waals surface area (Å²) in [5.74, 6) is -0.0366. The number of benzene rings is 3. The van der Waals surface area contributed by atoms with E-state index in [-0.39, 0.29) is 22.5 Å². The molecule has 0 atom stereocenters. The van der Waals surface area contributed by atoms with Crippen LogP contribution in [0.25, 0.3) is 16.8 Å². The van der Waals surface area contributed by atoms with Gasteiger partial charge in [-0.05, 0) is 58.4 Å². The standard InChI is InChI=1S/C22H17NO5S2/c24-21-20(29-22(25)23-21)13-15-5-8-18(9-6-15)28-11-12-30(26,27)19-10-7-16-3-1-2-4-17(16)14-19/h1-10,13-14H,11-12H2,(H,23,24,25). The number of amides is 2. The fourth-order valence-electron chi connectivity index (χ4n) is 2.98. The van der Waals surface area contributed by atoms with Gasteiger partial charge < -0.3 is 4.74 Å². The minimum absolute atomic E-state index is 0.0162. The predicted molar refractivity (Wildman–Crippen MR) is 117 cm³/mol. The molecule has 152 valence electrons. The summed E-state index contributed by atoms with van der Waals surface area (Å²) in [5.41, 5.74) is 0.735. The number of imide groups is 1. The molecule has 0 saturated carbocycles. The third-order valence-corrected chi connectivity index (χ3v) is 7.01. The molecule has 0 aliphatic carbocycles. The van der Waals surface area contributed by atoms with Gasteiger partial charge in [-0.15, -0.1) is 0 Å². The van der Waals surface area contributed by atoms with Crippen molar-refractivity contribution in [1.29, 1.82) is 0 Å². The van der Waals surface area contributed by atoms with E-state index in [2.05, 4.69) is 5.32 Å². The maximum Gasteiger partial charge on any atom is 0.290 e. The van der Waals surface area contributed by atoms with Crippen LogP contribution in [0, 0.1) is 0 Å². The van der Waals surface area contributed by atoms with E-state index in [1.807, 2.05) is 24.3 Å². The molecule has 0 spiro atoms. The highest BCUT2D eigenvalue weighted by Crippen LogP contribution is 2.26. The molecule has 3 aromatic carbocycles. The summed E-state index contributed by atoms with van der Waals surface area (Å²) in [4.78, 5) is 23.4. The summed E-state index contributed by atoms with van der Waals surface area (Å²) in [6.45, 7) is 0.0162. The van der Waals surface area contributed by atoms with Gasteiger partial charge in [0.15, 0.2) is 9.84 Å². The number of fused-ring (bicyclic) bond motifs is 1. The fraction of sp³-hybridized carbons (Fsp3) is 0.0909. The van der Waals surface area contributed by atoms with E-state index in [1.54, 1.807) is 48.5 Å². The average Bonchev–Trinajstić information content (AvgIpc) is 3.05. The van der Waals surface area contributed by atoms with Crippen molar-refractivity contribution in [2.45, 2.75) is 4.90 Å². The topological polar surface area (TPSA) is 89.5 Å². The van der Waals surface area contributed by atoms with Gasteiger partial charge in [-0.25, -0.2) is 8.42 Å². The number of sulfone groups is 1. The molecular weight excluding hydrogens is 422 g/mol.